The molecule has 0 saturated carbocycles. The molecule has 0 radical (unpaired) electrons. The zero-order valence-electron chi connectivity index (χ0n) is 15.6. The van der Waals surface area contributed by atoms with Gasteiger partial charge in [-0.1, -0.05) is 23.7 Å². The van der Waals surface area contributed by atoms with Crippen LogP contribution in [0.1, 0.15) is 20.8 Å². The van der Waals surface area contributed by atoms with Crippen LogP contribution in [-0.2, 0) is 0 Å². The van der Waals surface area contributed by atoms with Crippen LogP contribution < -0.4 is 15.0 Å². The molecule has 4 heteroatoms. The van der Waals surface area contributed by atoms with Gasteiger partial charge in [-0.25, -0.2) is 0 Å². The quantitative estimate of drug-likeness (QED) is 0.510. The van der Waals surface area contributed by atoms with Crippen LogP contribution in [-0.4, -0.2) is 19.6 Å². The molecule has 0 aromatic heterocycles. The van der Waals surface area contributed by atoms with Crippen LogP contribution in [0.5, 0.6) is 11.5 Å². The van der Waals surface area contributed by atoms with Gasteiger partial charge in [-0.05, 0) is 62.6 Å². The summed E-state index contributed by atoms with van der Waals surface area (Å²) in [6.45, 7) is 9.20. The summed E-state index contributed by atoms with van der Waals surface area (Å²) in [7, 11) is 0. The second-order valence-electron chi connectivity index (χ2n) is 6.11. The number of halogens is 1. The van der Waals surface area contributed by atoms with Crippen molar-refractivity contribution in [2.24, 2.45) is 0 Å². The normalized spacial score (nSPS) is 10.8. The molecule has 3 aromatic carbocycles. The van der Waals surface area contributed by atoms with Crippen molar-refractivity contribution in [3.05, 3.63) is 59.6 Å². The Kier molecular flexibility index (Phi) is 5.89. The molecule has 0 unspecified atom stereocenters. The summed E-state index contributed by atoms with van der Waals surface area (Å²) < 4.78 is 6.17. The van der Waals surface area contributed by atoms with Gasteiger partial charge in [0.2, 0.25) is 0 Å². The SMILES string of the molecule is CCNc1cc(Oc2cccc3cc(N(CC)CC)ccc23)ccc1Cl. The lowest BCUT2D eigenvalue weighted by molar-refractivity contribution is 0.488. The Bertz CT molecular complexity index is 890. The number of ether oxygens (including phenoxy) is 1. The lowest BCUT2D eigenvalue weighted by Crippen LogP contribution is -2.21. The first-order chi connectivity index (χ1) is 12.7. The van der Waals surface area contributed by atoms with Gasteiger partial charge in [-0.3, -0.25) is 0 Å². The van der Waals surface area contributed by atoms with E-state index in [0.717, 1.165) is 42.2 Å². The fourth-order valence-electron chi connectivity index (χ4n) is 3.14. The van der Waals surface area contributed by atoms with Gasteiger partial charge in [0.15, 0.2) is 0 Å². The van der Waals surface area contributed by atoms with Crippen LogP contribution >= 0.6 is 11.6 Å². The molecular formula is C22H25ClN2O. The summed E-state index contributed by atoms with van der Waals surface area (Å²) in [5.41, 5.74) is 2.12. The van der Waals surface area contributed by atoms with E-state index in [1.807, 2.05) is 37.3 Å². The minimum absolute atomic E-state index is 0.695. The predicted octanol–water partition coefficient (Wildman–Crippen LogP) is 6.56. The van der Waals surface area contributed by atoms with Crippen LogP contribution in [0.4, 0.5) is 11.4 Å². The summed E-state index contributed by atoms with van der Waals surface area (Å²) in [5.74, 6) is 1.61. The van der Waals surface area contributed by atoms with Crippen molar-refractivity contribution in [3.8, 4) is 11.5 Å². The van der Waals surface area contributed by atoms with E-state index in [2.05, 4.69) is 48.3 Å². The Balaban J connectivity index is 1.94. The number of hydrogen-bond acceptors (Lipinski definition) is 3. The molecule has 26 heavy (non-hydrogen) atoms. The molecule has 0 aliphatic rings. The topological polar surface area (TPSA) is 24.5 Å². The van der Waals surface area contributed by atoms with Gasteiger partial charge >= 0.3 is 0 Å². The molecule has 0 aliphatic heterocycles. The third-order valence-corrected chi connectivity index (χ3v) is 4.82. The summed E-state index contributed by atoms with van der Waals surface area (Å²) in [5, 5.41) is 6.22. The highest BCUT2D eigenvalue weighted by molar-refractivity contribution is 6.33. The minimum Gasteiger partial charge on any atom is -0.457 e. The highest BCUT2D eigenvalue weighted by Gasteiger charge is 2.08. The van der Waals surface area contributed by atoms with Gasteiger partial charge in [0.1, 0.15) is 11.5 Å². The van der Waals surface area contributed by atoms with E-state index in [-0.39, 0.29) is 0 Å². The first-order valence-corrected chi connectivity index (χ1v) is 9.53. The molecule has 0 heterocycles. The van der Waals surface area contributed by atoms with Crippen LogP contribution in [0.3, 0.4) is 0 Å². The lowest BCUT2D eigenvalue weighted by Gasteiger charge is -2.21. The average molecular weight is 369 g/mol. The maximum Gasteiger partial charge on any atom is 0.135 e. The molecule has 3 rings (SSSR count). The molecule has 0 saturated heterocycles. The van der Waals surface area contributed by atoms with Crippen LogP contribution in [0.2, 0.25) is 5.02 Å². The van der Waals surface area contributed by atoms with Crippen molar-refractivity contribution in [2.75, 3.05) is 29.9 Å². The van der Waals surface area contributed by atoms with Crippen LogP contribution in [0.15, 0.2) is 54.6 Å². The van der Waals surface area contributed by atoms with Gasteiger partial charge in [-0.15, -0.1) is 0 Å². The molecule has 0 fully saturated rings. The van der Waals surface area contributed by atoms with Crippen LogP contribution in [0.25, 0.3) is 10.8 Å². The number of anilines is 2. The van der Waals surface area contributed by atoms with Gasteiger partial charge < -0.3 is 15.0 Å². The van der Waals surface area contributed by atoms with E-state index in [0.29, 0.717) is 5.02 Å². The molecule has 3 nitrogen and oxygen atoms in total. The molecular weight excluding hydrogens is 344 g/mol. The van der Waals surface area contributed by atoms with Crippen molar-refractivity contribution in [1.29, 1.82) is 0 Å². The predicted molar refractivity (Wildman–Crippen MR) is 113 cm³/mol. The zero-order chi connectivity index (χ0) is 18.5. The maximum absolute atomic E-state index is 6.22. The van der Waals surface area contributed by atoms with Gasteiger partial charge in [0.05, 0.1) is 10.7 Å². The Morgan fingerprint density at radius 2 is 1.77 bits per heavy atom. The standard InChI is InChI=1S/C22H25ClN2O/c1-4-24-21-15-18(11-13-20(21)23)26-22-9-7-8-16-14-17(10-12-19(16)22)25(5-2)6-3/h7-15,24H,4-6H2,1-3H3. The van der Waals surface area contributed by atoms with E-state index in [1.54, 1.807) is 0 Å². The summed E-state index contributed by atoms with van der Waals surface area (Å²) >= 11 is 6.22. The summed E-state index contributed by atoms with van der Waals surface area (Å²) in [6.07, 6.45) is 0. The third kappa shape index (κ3) is 3.88. The second-order valence-corrected chi connectivity index (χ2v) is 6.52. The molecule has 136 valence electrons. The molecule has 0 spiro atoms. The number of benzene rings is 3. The Labute approximate surface area is 160 Å². The monoisotopic (exact) mass is 368 g/mol. The lowest BCUT2D eigenvalue weighted by atomic mass is 10.1. The van der Waals surface area contributed by atoms with E-state index < -0.39 is 0 Å². The third-order valence-electron chi connectivity index (χ3n) is 4.49. The number of rotatable bonds is 7. The molecule has 0 aliphatic carbocycles. The molecule has 0 bridgehead atoms. The maximum atomic E-state index is 6.22. The number of fused-ring (bicyclic) bond motifs is 1. The second kappa shape index (κ2) is 8.33. The number of hydrogen-bond donors (Lipinski definition) is 1. The highest BCUT2D eigenvalue weighted by Crippen LogP contribution is 2.34. The summed E-state index contributed by atoms with van der Waals surface area (Å²) in [4.78, 5) is 2.34. The fraction of sp³-hybridized carbons (Fsp3) is 0.273. The Morgan fingerprint density at radius 1 is 0.962 bits per heavy atom. The van der Waals surface area contributed by atoms with E-state index in [9.17, 15) is 0 Å². The fourth-order valence-corrected chi connectivity index (χ4v) is 3.32. The highest BCUT2D eigenvalue weighted by atomic mass is 35.5. The smallest absolute Gasteiger partial charge is 0.135 e. The Morgan fingerprint density at radius 3 is 2.50 bits per heavy atom. The molecule has 1 N–H and O–H groups in total. The van der Waals surface area contributed by atoms with Crippen molar-refractivity contribution >= 4 is 33.7 Å². The van der Waals surface area contributed by atoms with Crippen molar-refractivity contribution < 1.29 is 4.74 Å². The average Bonchev–Trinajstić information content (AvgIpc) is 2.66. The Hall–Kier alpha value is -2.39. The first-order valence-electron chi connectivity index (χ1n) is 9.15. The molecule has 0 amide bonds. The first kappa shape index (κ1) is 18.4. The van der Waals surface area contributed by atoms with Crippen molar-refractivity contribution in [2.45, 2.75) is 20.8 Å². The molecule has 0 atom stereocenters. The molecule has 3 aromatic rings. The van der Waals surface area contributed by atoms with E-state index >= 15 is 0 Å². The van der Waals surface area contributed by atoms with Gasteiger partial charge in [0.25, 0.3) is 0 Å². The van der Waals surface area contributed by atoms with Crippen LogP contribution in [0, 0.1) is 0 Å². The largest absolute Gasteiger partial charge is 0.457 e. The van der Waals surface area contributed by atoms with E-state index in [4.69, 9.17) is 16.3 Å². The number of nitrogens with one attached hydrogen (secondary N) is 1. The van der Waals surface area contributed by atoms with Gasteiger partial charge in [-0.2, -0.15) is 0 Å². The minimum atomic E-state index is 0.695. The van der Waals surface area contributed by atoms with Crippen molar-refractivity contribution in [3.63, 3.8) is 0 Å². The van der Waals surface area contributed by atoms with Gasteiger partial charge in [0, 0.05) is 36.8 Å². The number of nitrogens with zero attached hydrogens (tertiary/aromatic N) is 1. The zero-order valence-corrected chi connectivity index (χ0v) is 16.3. The van der Waals surface area contributed by atoms with E-state index in [1.165, 1.54) is 11.1 Å². The van der Waals surface area contributed by atoms with Crippen molar-refractivity contribution in [1.82, 2.24) is 0 Å². The summed E-state index contributed by atoms with van der Waals surface area (Å²) in [6, 6.07) is 18.4.